The molecule has 0 bridgehead atoms. The van der Waals surface area contributed by atoms with Crippen LogP contribution >= 0.6 is 0 Å². The molecule has 0 amide bonds. The summed E-state index contributed by atoms with van der Waals surface area (Å²) in [6, 6.07) is 1.01. The summed E-state index contributed by atoms with van der Waals surface area (Å²) in [5.41, 5.74) is 9.04. The number of H-pyrrole nitrogens is 1. The third kappa shape index (κ3) is 1.89. The Morgan fingerprint density at radius 1 is 1.53 bits per heavy atom. The molecule has 0 unspecified atom stereocenters. The molecule has 17 heavy (non-hydrogen) atoms. The van der Waals surface area contributed by atoms with Gasteiger partial charge in [-0.2, -0.15) is 5.10 Å². The van der Waals surface area contributed by atoms with E-state index in [-0.39, 0.29) is 0 Å². The quantitative estimate of drug-likeness (QED) is 0.800. The first-order valence-electron chi connectivity index (χ1n) is 6.80. The fourth-order valence-electron chi connectivity index (χ4n) is 3.54. The molecule has 0 spiro atoms. The van der Waals surface area contributed by atoms with Crippen molar-refractivity contribution in [3.8, 4) is 0 Å². The summed E-state index contributed by atoms with van der Waals surface area (Å²) in [5, 5.41) is 7.31. The van der Waals surface area contributed by atoms with E-state index in [2.05, 4.69) is 22.0 Å². The number of nitrogens with zero attached hydrogens (tertiary/aromatic N) is 2. The minimum Gasteiger partial charge on any atom is -0.327 e. The van der Waals surface area contributed by atoms with Crippen LogP contribution in [0.15, 0.2) is 6.20 Å². The lowest BCUT2D eigenvalue weighted by molar-refractivity contribution is 0.0699. The zero-order valence-corrected chi connectivity index (χ0v) is 10.5. The van der Waals surface area contributed by atoms with Crippen LogP contribution in [0.3, 0.4) is 0 Å². The first-order valence-corrected chi connectivity index (χ1v) is 6.80. The molecule has 4 nitrogen and oxygen atoms in total. The van der Waals surface area contributed by atoms with Crippen molar-refractivity contribution in [2.75, 3.05) is 13.1 Å². The highest BCUT2D eigenvalue weighted by atomic mass is 15.2. The van der Waals surface area contributed by atoms with Gasteiger partial charge in [0.25, 0.3) is 0 Å². The summed E-state index contributed by atoms with van der Waals surface area (Å²) >= 11 is 0. The monoisotopic (exact) mass is 234 g/mol. The average molecular weight is 234 g/mol. The molecular formula is C13H22N4. The van der Waals surface area contributed by atoms with Gasteiger partial charge in [-0.1, -0.05) is 6.92 Å². The van der Waals surface area contributed by atoms with Crippen LogP contribution in [-0.4, -0.2) is 40.3 Å². The number of rotatable bonds is 2. The van der Waals surface area contributed by atoms with Crippen molar-refractivity contribution in [1.29, 1.82) is 0 Å². The average Bonchev–Trinajstić information content (AvgIpc) is 2.78. The minimum absolute atomic E-state index is 0.365. The minimum atomic E-state index is 0.365. The zero-order valence-electron chi connectivity index (χ0n) is 10.5. The molecule has 3 N–H and O–H groups in total. The number of likely N-dealkylation sites (tertiary alicyclic amines) is 1. The maximum Gasteiger partial charge on any atom is 0.0522 e. The van der Waals surface area contributed by atoms with Gasteiger partial charge in [-0.3, -0.25) is 10.00 Å². The normalized spacial score (nSPS) is 33.2. The van der Waals surface area contributed by atoms with Gasteiger partial charge in [-0.25, -0.2) is 0 Å². The van der Waals surface area contributed by atoms with Crippen molar-refractivity contribution >= 4 is 0 Å². The molecule has 0 aromatic carbocycles. The van der Waals surface area contributed by atoms with E-state index in [0.29, 0.717) is 18.0 Å². The maximum atomic E-state index is 6.31. The van der Waals surface area contributed by atoms with Gasteiger partial charge in [0.15, 0.2) is 0 Å². The summed E-state index contributed by atoms with van der Waals surface area (Å²) in [6.45, 7) is 4.64. The Labute approximate surface area is 103 Å². The third-order valence-corrected chi connectivity index (χ3v) is 4.45. The van der Waals surface area contributed by atoms with Crippen LogP contribution in [0.5, 0.6) is 0 Å². The molecule has 1 aliphatic heterocycles. The predicted molar refractivity (Wildman–Crippen MR) is 67.7 cm³/mol. The van der Waals surface area contributed by atoms with E-state index in [1.807, 2.05) is 6.20 Å². The van der Waals surface area contributed by atoms with Crippen LogP contribution in [0.25, 0.3) is 0 Å². The molecule has 0 saturated carbocycles. The van der Waals surface area contributed by atoms with Crippen molar-refractivity contribution in [2.24, 2.45) is 11.7 Å². The molecule has 1 aliphatic carbocycles. The molecule has 1 fully saturated rings. The fraction of sp³-hybridized carbons (Fsp3) is 0.769. The van der Waals surface area contributed by atoms with Crippen LogP contribution < -0.4 is 5.73 Å². The first kappa shape index (κ1) is 11.2. The second kappa shape index (κ2) is 4.42. The van der Waals surface area contributed by atoms with Crippen LogP contribution in [0.2, 0.25) is 0 Å². The van der Waals surface area contributed by atoms with Gasteiger partial charge in [0.2, 0.25) is 0 Å². The molecule has 1 aromatic heterocycles. The number of piperidine rings is 1. The number of fused-ring (bicyclic) bond motifs is 2. The van der Waals surface area contributed by atoms with E-state index in [4.69, 9.17) is 5.73 Å². The Kier molecular flexibility index (Phi) is 2.92. The number of aromatic amines is 1. The second-order valence-electron chi connectivity index (χ2n) is 5.50. The number of nitrogens with two attached hydrogens (primary N) is 1. The van der Waals surface area contributed by atoms with Crippen LogP contribution in [0.1, 0.15) is 31.0 Å². The summed E-state index contributed by atoms with van der Waals surface area (Å²) in [7, 11) is 0. The summed E-state index contributed by atoms with van der Waals surface area (Å²) in [6.07, 6.45) is 6.59. The molecule has 3 rings (SSSR count). The molecule has 3 atom stereocenters. The van der Waals surface area contributed by atoms with Gasteiger partial charge in [-0.15, -0.1) is 0 Å². The topological polar surface area (TPSA) is 57.9 Å². The molecular weight excluding hydrogens is 212 g/mol. The lowest BCUT2D eigenvalue weighted by Crippen LogP contribution is -2.57. The van der Waals surface area contributed by atoms with E-state index in [9.17, 15) is 0 Å². The molecule has 94 valence electrons. The van der Waals surface area contributed by atoms with Crippen molar-refractivity contribution < 1.29 is 0 Å². The number of aromatic nitrogens is 2. The van der Waals surface area contributed by atoms with Crippen LogP contribution in [-0.2, 0) is 12.8 Å². The Hall–Kier alpha value is -0.870. The lowest BCUT2D eigenvalue weighted by atomic mass is 9.75. The van der Waals surface area contributed by atoms with Gasteiger partial charge in [-0.05, 0) is 50.3 Å². The molecule has 0 radical (unpaired) electrons. The highest BCUT2D eigenvalue weighted by molar-refractivity contribution is 5.24. The van der Waals surface area contributed by atoms with Crippen molar-refractivity contribution in [3.05, 3.63) is 17.5 Å². The smallest absolute Gasteiger partial charge is 0.0522 e. The molecule has 2 heterocycles. The van der Waals surface area contributed by atoms with Gasteiger partial charge in [0, 0.05) is 17.8 Å². The number of hydrogen-bond acceptors (Lipinski definition) is 3. The number of hydrogen-bond donors (Lipinski definition) is 2. The van der Waals surface area contributed by atoms with Gasteiger partial charge in [0.1, 0.15) is 0 Å². The van der Waals surface area contributed by atoms with E-state index in [1.165, 1.54) is 30.8 Å². The summed E-state index contributed by atoms with van der Waals surface area (Å²) < 4.78 is 0. The highest BCUT2D eigenvalue weighted by Gasteiger charge is 2.39. The van der Waals surface area contributed by atoms with Crippen molar-refractivity contribution in [2.45, 2.75) is 44.7 Å². The van der Waals surface area contributed by atoms with Crippen molar-refractivity contribution in [1.82, 2.24) is 15.1 Å². The number of nitrogens with one attached hydrogen (secondary N) is 1. The summed E-state index contributed by atoms with van der Waals surface area (Å²) in [5.74, 6) is 0.614. The second-order valence-corrected chi connectivity index (χ2v) is 5.50. The zero-order chi connectivity index (χ0) is 11.8. The van der Waals surface area contributed by atoms with E-state index < -0.39 is 0 Å². The standard InChI is InChI=1S/C13H22N4/c1-2-4-17-5-3-11(14)10-7-12-9(6-13(10)17)8-15-16-12/h8,10-11,13H,2-7,14H2,1H3,(H,15,16)/t10-,11-,13+/m1/s1. The van der Waals surface area contributed by atoms with Gasteiger partial charge >= 0.3 is 0 Å². The largest absolute Gasteiger partial charge is 0.327 e. The molecule has 4 heteroatoms. The Morgan fingerprint density at radius 3 is 3.24 bits per heavy atom. The van der Waals surface area contributed by atoms with Crippen LogP contribution in [0, 0.1) is 5.92 Å². The summed E-state index contributed by atoms with van der Waals surface area (Å²) in [4.78, 5) is 2.64. The van der Waals surface area contributed by atoms with E-state index in [1.54, 1.807) is 0 Å². The molecule has 1 aromatic rings. The van der Waals surface area contributed by atoms with Gasteiger partial charge in [0.05, 0.1) is 6.20 Å². The van der Waals surface area contributed by atoms with Crippen molar-refractivity contribution in [3.63, 3.8) is 0 Å². The first-order chi connectivity index (χ1) is 8.29. The molecule has 1 saturated heterocycles. The van der Waals surface area contributed by atoms with E-state index in [0.717, 1.165) is 19.3 Å². The molecule has 2 aliphatic rings. The van der Waals surface area contributed by atoms with E-state index >= 15 is 0 Å². The SMILES string of the molecule is CCCN1CC[C@@H](N)[C@H]2Cc3[nH]ncc3C[C@@H]21. The Morgan fingerprint density at radius 2 is 2.41 bits per heavy atom. The predicted octanol–water partition coefficient (Wildman–Crippen LogP) is 0.936. The highest BCUT2D eigenvalue weighted by Crippen LogP contribution is 2.33. The fourth-order valence-corrected chi connectivity index (χ4v) is 3.54. The van der Waals surface area contributed by atoms with Gasteiger partial charge < -0.3 is 5.73 Å². The Bertz CT molecular complexity index is 387. The maximum absolute atomic E-state index is 6.31. The van der Waals surface area contributed by atoms with Crippen LogP contribution in [0.4, 0.5) is 0 Å². The Balaban J connectivity index is 1.85. The lowest BCUT2D eigenvalue weighted by Gasteiger charge is -2.46. The third-order valence-electron chi connectivity index (χ3n) is 4.45.